The molecule has 0 saturated carbocycles. The van der Waals surface area contributed by atoms with Gasteiger partial charge >= 0.3 is 0 Å². The highest BCUT2D eigenvalue weighted by Gasteiger charge is 2.19. The van der Waals surface area contributed by atoms with Crippen molar-refractivity contribution >= 4 is 0 Å². The van der Waals surface area contributed by atoms with E-state index in [1.807, 2.05) is 72.8 Å². The fourth-order valence-corrected chi connectivity index (χ4v) is 3.13. The third-order valence-corrected chi connectivity index (χ3v) is 4.62. The molecule has 1 heterocycles. The molecule has 5 heteroatoms. The summed E-state index contributed by atoms with van der Waals surface area (Å²) in [4.78, 5) is 4.81. The van der Waals surface area contributed by atoms with Crippen molar-refractivity contribution in [2.24, 2.45) is 0 Å². The molecule has 0 spiro atoms. The Bertz CT molecular complexity index is 1070. The van der Waals surface area contributed by atoms with Crippen LogP contribution in [0.5, 0.6) is 17.2 Å². The second kappa shape index (κ2) is 8.10. The first-order chi connectivity index (χ1) is 14.2. The minimum absolute atomic E-state index is 0.513. The molecule has 3 aromatic carbocycles. The van der Waals surface area contributed by atoms with Gasteiger partial charge in [0.25, 0.3) is 0 Å². The summed E-state index contributed by atoms with van der Waals surface area (Å²) in [6.45, 7) is 0. The number of benzene rings is 3. The Balaban J connectivity index is 1.90. The number of methoxy groups -OCH3 is 3. The molecular formula is C24H21NO4. The Morgan fingerprint density at radius 2 is 1.10 bits per heavy atom. The molecule has 4 aromatic rings. The predicted molar refractivity (Wildman–Crippen MR) is 112 cm³/mol. The van der Waals surface area contributed by atoms with Crippen LogP contribution in [-0.2, 0) is 0 Å². The van der Waals surface area contributed by atoms with Gasteiger partial charge in [0.15, 0.2) is 5.76 Å². The topological polar surface area (TPSA) is 53.7 Å². The molecule has 0 aliphatic rings. The van der Waals surface area contributed by atoms with E-state index in [0.717, 1.165) is 39.6 Å². The Morgan fingerprint density at radius 1 is 0.621 bits per heavy atom. The van der Waals surface area contributed by atoms with E-state index in [-0.39, 0.29) is 0 Å². The van der Waals surface area contributed by atoms with Gasteiger partial charge in [0, 0.05) is 16.7 Å². The highest BCUT2D eigenvalue weighted by Crippen LogP contribution is 2.38. The number of ether oxygens (including phenoxy) is 3. The van der Waals surface area contributed by atoms with Crippen LogP contribution in [0.2, 0.25) is 0 Å². The Kier molecular flexibility index (Phi) is 5.20. The standard InChI is InChI=1S/C24H21NO4/c1-26-19-10-4-7-16(13-19)22-23(17-8-5-11-20(14-17)27-2)29-24(25-22)18-9-6-12-21(15-18)28-3/h4-15H,1-3H3. The van der Waals surface area contributed by atoms with Gasteiger partial charge in [0.1, 0.15) is 22.9 Å². The lowest BCUT2D eigenvalue weighted by molar-refractivity contribution is 0.414. The number of oxazole rings is 1. The highest BCUT2D eigenvalue weighted by molar-refractivity contribution is 5.80. The summed E-state index contributed by atoms with van der Waals surface area (Å²) in [5, 5.41) is 0. The average Bonchev–Trinajstić information content (AvgIpc) is 3.25. The number of rotatable bonds is 6. The minimum Gasteiger partial charge on any atom is -0.497 e. The van der Waals surface area contributed by atoms with E-state index in [1.54, 1.807) is 21.3 Å². The van der Waals surface area contributed by atoms with Crippen LogP contribution >= 0.6 is 0 Å². The molecule has 0 aliphatic heterocycles. The van der Waals surface area contributed by atoms with Crippen LogP contribution in [0, 0.1) is 0 Å². The molecule has 0 bridgehead atoms. The van der Waals surface area contributed by atoms with Crippen LogP contribution in [0.15, 0.2) is 77.2 Å². The predicted octanol–water partition coefficient (Wildman–Crippen LogP) is 5.70. The lowest BCUT2D eigenvalue weighted by atomic mass is 10.1. The first-order valence-corrected chi connectivity index (χ1v) is 9.16. The lowest BCUT2D eigenvalue weighted by Crippen LogP contribution is -1.87. The maximum absolute atomic E-state index is 6.25. The zero-order chi connectivity index (χ0) is 20.2. The molecule has 146 valence electrons. The fraction of sp³-hybridized carbons (Fsp3) is 0.125. The molecule has 4 rings (SSSR count). The van der Waals surface area contributed by atoms with Crippen molar-refractivity contribution in [2.45, 2.75) is 0 Å². The molecule has 0 N–H and O–H groups in total. The maximum Gasteiger partial charge on any atom is 0.227 e. The van der Waals surface area contributed by atoms with Crippen molar-refractivity contribution in [1.29, 1.82) is 0 Å². The average molecular weight is 387 g/mol. The molecule has 1 aromatic heterocycles. The van der Waals surface area contributed by atoms with Crippen molar-refractivity contribution in [3.8, 4) is 51.3 Å². The SMILES string of the molecule is COc1cccc(-c2nc(-c3cccc(OC)c3)c(-c3cccc(OC)c3)o2)c1. The molecule has 0 radical (unpaired) electrons. The largest absolute Gasteiger partial charge is 0.497 e. The summed E-state index contributed by atoms with van der Waals surface area (Å²) >= 11 is 0. The van der Waals surface area contributed by atoms with Crippen LogP contribution in [0.1, 0.15) is 0 Å². The minimum atomic E-state index is 0.513. The van der Waals surface area contributed by atoms with Gasteiger partial charge in [-0.1, -0.05) is 30.3 Å². The van der Waals surface area contributed by atoms with Gasteiger partial charge in [-0.3, -0.25) is 0 Å². The summed E-state index contributed by atoms with van der Waals surface area (Å²) in [5.74, 6) is 3.42. The fourth-order valence-electron chi connectivity index (χ4n) is 3.13. The van der Waals surface area contributed by atoms with E-state index in [2.05, 4.69) is 0 Å². The number of hydrogen-bond acceptors (Lipinski definition) is 5. The van der Waals surface area contributed by atoms with Crippen LogP contribution < -0.4 is 14.2 Å². The molecule has 0 amide bonds. The maximum atomic E-state index is 6.25. The third kappa shape index (κ3) is 3.80. The van der Waals surface area contributed by atoms with E-state index in [1.165, 1.54) is 0 Å². The zero-order valence-corrected chi connectivity index (χ0v) is 16.5. The Labute approximate surface area is 169 Å². The van der Waals surface area contributed by atoms with Crippen molar-refractivity contribution in [3.63, 3.8) is 0 Å². The van der Waals surface area contributed by atoms with E-state index in [0.29, 0.717) is 11.7 Å². The second-order valence-electron chi connectivity index (χ2n) is 6.39. The van der Waals surface area contributed by atoms with Gasteiger partial charge < -0.3 is 18.6 Å². The molecule has 0 fully saturated rings. The molecule has 0 saturated heterocycles. The van der Waals surface area contributed by atoms with Crippen LogP contribution in [0.4, 0.5) is 0 Å². The Hall–Kier alpha value is -3.73. The van der Waals surface area contributed by atoms with Crippen molar-refractivity contribution in [3.05, 3.63) is 72.8 Å². The number of aromatic nitrogens is 1. The summed E-state index contributed by atoms with van der Waals surface area (Å²) in [7, 11) is 4.93. The lowest BCUT2D eigenvalue weighted by Gasteiger charge is -2.05. The number of nitrogens with zero attached hydrogens (tertiary/aromatic N) is 1. The van der Waals surface area contributed by atoms with Crippen molar-refractivity contribution < 1.29 is 18.6 Å². The van der Waals surface area contributed by atoms with Gasteiger partial charge in [0.2, 0.25) is 5.89 Å². The Morgan fingerprint density at radius 3 is 1.69 bits per heavy atom. The van der Waals surface area contributed by atoms with Crippen LogP contribution in [0.25, 0.3) is 34.0 Å². The second-order valence-corrected chi connectivity index (χ2v) is 6.39. The summed E-state index contributed by atoms with van der Waals surface area (Å²) in [5.41, 5.74) is 3.35. The van der Waals surface area contributed by atoms with Crippen molar-refractivity contribution in [2.75, 3.05) is 21.3 Å². The molecule has 0 aliphatic carbocycles. The molecule has 29 heavy (non-hydrogen) atoms. The van der Waals surface area contributed by atoms with Crippen molar-refractivity contribution in [1.82, 2.24) is 4.98 Å². The summed E-state index contributed by atoms with van der Waals surface area (Å²) in [6, 6.07) is 23.1. The quantitative estimate of drug-likeness (QED) is 0.425. The van der Waals surface area contributed by atoms with E-state index in [9.17, 15) is 0 Å². The summed E-state index contributed by atoms with van der Waals surface area (Å²) < 4.78 is 22.4. The zero-order valence-electron chi connectivity index (χ0n) is 16.5. The van der Waals surface area contributed by atoms with Gasteiger partial charge in [0.05, 0.1) is 21.3 Å². The van der Waals surface area contributed by atoms with Gasteiger partial charge in [-0.05, 0) is 42.5 Å². The molecule has 0 unspecified atom stereocenters. The van der Waals surface area contributed by atoms with E-state index >= 15 is 0 Å². The van der Waals surface area contributed by atoms with Gasteiger partial charge in [-0.25, -0.2) is 4.98 Å². The first kappa shape index (κ1) is 18.6. The summed E-state index contributed by atoms with van der Waals surface area (Å²) in [6.07, 6.45) is 0. The monoisotopic (exact) mass is 387 g/mol. The van der Waals surface area contributed by atoms with Gasteiger partial charge in [-0.2, -0.15) is 0 Å². The van der Waals surface area contributed by atoms with E-state index in [4.69, 9.17) is 23.6 Å². The van der Waals surface area contributed by atoms with Crippen LogP contribution in [-0.4, -0.2) is 26.3 Å². The first-order valence-electron chi connectivity index (χ1n) is 9.16. The van der Waals surface area contributed by atoms with Crippen LogP contribution in [0.3, 0.4) is 0 Å². The number of hydrogen-bond donors (Lipinski definition) is 0. The molecular weight excluding hydrogens is 366 g/mol. The molecule has 5 nitrogen and oxygen atoms in total. The third-order valence-electron chi connectivity index (χ3n) is 4.62. The van der Waals surface area contributed by atoms with Gasteiger partial charge in [-0.15, -0.1) is 0 Å². The van der Waals surface area contributed by atoms with E-state index < -0.39 is 0 Å². The highest BCUT2D eigenvalue weighted by atomic mass is 16.5. The normalized spacial score (nSPS) is 10.6. The smallest absolute Gasteiger partial charge is 0.227 e. The molecule has 0 atom stereocenters.